The van der Waals surface area contributed by atoms with Gasteiger partial charge >= 0.3 is 0 Å². The maximum atomic E-state index is 9.96. The lowest BCUT2D eigenvalue weighted by molar-refractivity contribution is 0.177. The molecule has 1 aromatic carbocycles. The van der Waals surface area contributed by atoms with Crippen molar-refractivity contribution in [3.8, 4) is 0 Å². The zero-order chi connectivity index (χ0) is 11.5. The quantitative estimate of drug-likeness (QED) is 0.854. The SMILES string of the molecule is Cc1ccc(CC(O)c2ccoc2)cc1C. The molecule has 1 N–H and O–H groups in total. The Bertz CT molecular complexity index is 458. The zero-order valence-electron chi connectivity index (χ0n) is 9.60. The van der Waals surface area contributed by atoms with Crippen LogP contribution in [0, 0.1) is 13.8 Å². The molecule has 0 aliphatic rings. The molecule has 1 aromatic heterocycles. The van der Waals surface area contributed by atoms with Gasteiger partial charge in [-0.25, -0.2) is 0 Å². The minimum Gasteiger partial charge on any atom is -0.472 e. The minimum atomic E-state index is -0.485. The first-order valence-corrected chi connectivity index (χ1v) is 5.43. The monoisotopic (exact) mass is 216 g/mol. The molecule has 0 bridgehead atoms. The second-order valence-corrected chi connectivity index (χ2v) is 4.20. The summed E-state index contributed by atoms with van der Waals surface area (Å²) in [5, 5.41) is 9.96. The molecule has 0 aliphatic carbocycles. The van der Waals surface area contributed by atoms with Crippen LogP contribution in [-0.4, -0.2) is 5.11 Å². The summed E-state index contributed by atoms with van der Waals surface area (Å²) in [6, 6.07) is 8.07. The molecule has 0 aliphatic heterocycles. The highest BCUT2D eigenvalue weighted by molar-refractivity contribution is 5.30. The van der Waals surface area contributed by atoms with E-state index >= 15 is 0 Å². The maximum absolute atomic E-state index is 9.96. The number of hydrogen-bond donors (Lipinski definition) is 1. The number of benzene rings is 1. The van der Waals surface area contributed by atoms with Gasteiger partial charge in [0.25, 0.3) is 0 Å². The van der Waals surface area contributed by atoms with Gasteiger partial charge in [-0.2, -0.15) is 0 Å². The van der Waals surface area contributed by atoms with E-state index in [0.29, 0.717) is 6.42 Å². The highest BCUT2D eigenvalue weighted by Crippen LogP contribution is 2.20. The van der Waals surface area contributed by atoms with E-state index in [1.165, 1.54) is 11.1 Å². The van der Waals surface area contributed by atoms with E-state index in [2.05, 4.69) is 32.0 Å². The Labute approximate surface area is 95.5 Å². The Balaban J connectivity index is 2.12. The molecule has 0 saturated carbocycles. The van der Waals surface area contributed by atoms with Crippen molar-refractivity contribution in [2.24, 2.45) is 0 Å². The van der Waals surface area contributed by atoms with E-state index in [4.69, 9.17) is 4.42 Å². The molecule has 2 aromatic rings. The lowest BCUT2D eigenvalue weighted by Crippen LogP contribution is -2.00. The van der Waals surface area contributed by atoms with E-state index in [0.717, 1.165) is 11.1 Å². The van der Waals surface area contributed by atoms with Crippen LogP contribution in [0.15, 0.2) is 41.2 Å². The lowest BCUT2D eigenvalue weighted by Gasteiger charge is -2.10. The largest absolute Gasteiger partial charge is 0.472 e. The van der Waals surface area contributed by atoms with Crippen LogP contribution in [0.5, 0.6) is 0 Å². The van der Waals surface area contributed by atoms with Gasteiger partial charge in [-0.15, -0.1) is 0 Å². The number of aryl methyl sites for hydroxylation is 2. The predicted molar refractivity (Wildman–Crippen MR) is 63.3 cm³/mol. The minimum absolute atomic E-state index is 0.485. The van der Waals surface area contributed by atoms with E-state index in [-0.39, 0.29) is 0 Å². The third-order valence-corrected chi connectivity index (χ3v) is 2.93. The highest BCUT2D eigenvalue weighted by Gasteiger charge is 2.09. The van der Waals surface area contributed by atoms with Crippen LogP contribution in [0.2, 0.25) is 0 Å². The molecule has 1 unspecified atom stereocenters. The van der Waals surface area contributed by atoms with Crippen LogP contribution >= 0.6 is 0 Å². The van der Waals surface area contributed by atoms with E-state index in [1.807, 2.05) is 0 Å². The summed E-state index contributed by atoms with van der Waals surface area (Å²) in [4.78, 5) is 0. The molecule has 0 amide bonds. The zero-order valence-corrected chi connectivity index (χ0v) is 9.60. The number of rotatable bonds is 3. The average Bonchev–Trinajstić information content (AvgIpc) is 2.77. The van der Waals surface area contributed by atoms with Crippen molar-refractivity contribution in [3.05, 3.63) is 59.0 Å². The Morgan fingerprint density at radius 3 is 2.62 bits per heavy atom. The van der Waals surface area contributed by atoms with Crippen molar-refractivity contribution < 1.29 is 9.52 Å². The third-order valence-electron chi connectivity index (χ3n) is 2.93. The van der Waals surface area contributed by atoms with Gasteiger partial charge in [0, 0.05) is 12.0 Å². The molecule has 2 heteroatoms. The number of aliphatic hydroxyl groups excluding tert-OH is 1. The van der Waals surface area contributed by atoms with Gasteiger partial charge in [-0.3, -0.25) is 0 Å². The molecule has 1 atom stereocenters. The topological polar surface area (TPSA) is 33.4 Å². The molecule has 84 valence electrons. The van der Waals surface area contributed by atoms with Crippen LogP contribution in [0.25, 0.3) is 0 Å². The fourth-order valence-electron chi connectivity index (χ4n) is 1.74. The summed E-state index contributed by atoms with van der Waals surface area (Å²) in [5.74, 6) is 0. The normalized spacial score (nSPS) is 12.7. The third kappa shape index (κ3) is 2.34. The highest BCUT2D eigenvalue weighted by atomic mass is 16.3. The van der Waals surface area contributed by atoms with Crippen molar-refractivity contribution in [1.29, 1.82) is 0 Å². The van der Waals surface area contributed by atoms with Crippen LogP contribution < -0.4 is 0 Å². The van der Waals surface area contributed by atoms with Gasteiger partial charge in [0.1, 0.15) is 0 Å². The van der Waals surface area contributed by atoms with Gasteiger partial charge in [0.15, 0.2) is 0 Å². The van der Waals surface area contributed by atoms with Gasteiger partial charge in [-0.05, 0) is 36.6 Å². The second-order valence-electron chi connectivity index (χ2n) is 4.20. The predicted octanol–water partition coefficient (Wildman–Crippen LogP) is 3.17. The Kier molecular flexibility index (Phi) is 3.11. The molecule has 0 radical (unpaired) electrons. The molecule has 16 heavy (non-hydrogen) atoms. The first-order chi connectivity index (χ1) is 7.66. The average molecular weight is 216 g/mol. The van der Waals surface area contributed by atoms with E-state index in [9.17, 15) is 5.11 Å². The molecule has 0 spiro atoms. The summed E-state index contributed by atoms with van der Waals surface area (Å²) < 4.78 is 4.96. The van der Waals surface area contributed by atoms with Crippen molar-refractivity contribution in [2.45, 2.75) is 26.4 Å². The van der Waals surface area contributed by atoms with E-state index in [1.54, 1.807) is 18.6 Å². The molecular formula is C14H16O2. The van der Waals surface area contributed by atoms with E-state index < -0.39 is 6.10 Å². The van der Waals surface area contributed by atoms with Crippen molar-refractivity contribution in [1.82, 2.24) is 0 Å². The van der Waals surface area contributed by atoms with Crippen LogP contribution in [0.4, 0.5) is 0 Å². The molecular weight excluding hydrogens is 200 g/mol. The fourth-order valence-corrected chi connectivity index (χ4v) is 1.74. The molecule has 2 nitrogen and oxygen atoms in total. The maximum Gasteiger partial charge on any atom is 0.0960 e. The Morgan fingerprint density at radius 2 is 2.00 bits per heavy atom. The summed E-state index contributed by atoms with van der Waals surface area (Å²) in [6.45, 7) is 4.18. The van der Waals surface area contributed by atoms with Crippen molar-refractivity contribution in [2.75, 3.05) is 0 Å². The van der Waals surface area contributed by atoms with Crippen LogP contribution in [0.3, 0.4) is 0 Å². The molecule has 2 rings (SSSR count). The van der Waals surface area contributed by atoms with Gasteiger partial charge in [0.2, 0.25) is 0 Å². The second kappa shape index (κ2) is 4.54. The van der Waals surface area contributed by atoms with Gasteiger partial charge < -0.3 is 9.52 Å². The number of aliphatic hydroxyl groups is 1. The van der Waals surface area contributed by atoms with Crippen LogP contribution in [-0.2, 0) is 6.42 Å². The molecule has 0 fully saturated rings. The summed E-state index contributed by atoms with van der Waals surface area (Å²) in [7, 11) is 0. The molecule has 0 saturated heterocycles. The van der Waals surface area contributed by atoms with Gasteiger partial charge in [-0.1, -0.05) is 18.2 Å². The smallest absolute Gasteiger partial charge is 0.0960 e. The lowest BCUT2D eigenvalue weighted by atomic mass is 10.00. The standard InChI is InChI=1S/C14H16O2/c1-10-3-4-12(7-11(10)2)8-14(15)13-5-6-16-9-13/h3-7,9,14-15H,8H2,1-2H3. The first kappa shape index (κ1) is 11.0. The first-order valence-electron chi connectivity index (χ1n) is 5.43. The van der Waals surface area contributed by atoms with Crippen LogP contribution in [0.1, 0.15) is 28.4 Å². The van der Waals surface area contributed by atoms with Crippen molar-refractivity contribution in [3.63, 3.8) is 0 Å². The van der Waals surface area contributed by atoms with Gasteiger partial charge in [0.05, 0.1) is 18.6 Å². The van der Waals surface area contributed by atoms with Crippen molar-refractivity contribution >= 4 is 0 Å². The Hall–Kier alpha value is -1.54. The summed E-state index contributed by atoms with van der Waals surface area (Å²) >= 11 is 0. The number of hydrogen-bond acceptors (Lipinski definition) is 2. The Morgan fingerprint density at radius 1 is 1.19 bits per heavy atom. The number of furan rings is 1. The fraction of sp³-hybridized carbons (Fsp3) is 0.286. The summed E-state index contributed by atoms with van der Waals surface area (Å²) in [6.07, 6.45) is 3.31. The molecule has 1 heterocycles. The summed E-state index contributed by atoms with van der Waals surface area (Å²) in [5.41, 5.74) is 4.52.